The highest BCUT2D eigenvalue weighted by molar-refractivity contribution is 5.83. The van der Waals surface area contributed by atoms with E-state index < -0.39 is 5.60 Å². The van der Waals surface area contributed by atoms with Crippen LogP contribution in [0.15, 0.2) is 0 Å². The second kappa shape index (κ2) is 4.02. The molecule has 0 spiro atoms. The number of carbonyl (C=O) groups excluding carboxylic acids is 1. The van der Waals surface area contributed by atoms with E-state index in [0.29, 0.717) is 12.5 Å². The third-order valence-electron chi connectivity index (χ3n) is 4.43. The highest BCUT2D eigenvalue weighted by atomic mass is 16.3. The topological polar surface area (TPSA) is 40.5 Å². The van der Waals surface area contributed by atoms with E-state index in [2.05, 4.69) is 6.92 Å². The van der Waals surface area contributed by atoms with E-state index >= 15 is 0 Å². The van der Waals surface area contributed by atoms with Crippen LogP contribution >= 0.6 is 0 Å². The summed E-state index contributed by atoms with van der Waals surface area (Å²) in [5.74, 6) is 0.297. The zero-order chi connectivity index (χ0) is 11.8. The lowest BCUT2D eigenvalue weighted by Crippen LogP contribution is -2.43. The van der Waals surface area contributed by atoms with Crippen molar-refractivity contribution in [2.24, 2.45) is 5.41 Å². The van der Waals surface area contributed by atoms with Crippen molar-refractivity contribution in [3.63, 3.8) is 0 Å². The fourth-order valence-corrected chi connectivity index (χ4v) is 3.22. The molecule has 1 atom stereocenters. The second-order valence-electron chi connectivity index (χ2n) is 5.81. The normalized spacial score (nSPS) is 33.3. The van der Waals surface area contributed by atoms with E-state index in [0.717, 1.165) is 32.2 Å². The number of amides is 1. The number of hydrogen-bond donors (Lipinski definition) is 1. The minimum Gasteiger partial charge on any atom is -0.388 e. The van der Waals surface area contributed by atoms with Gasteiger partial charge in [-0.25, -0.2) is 0 Å². The van der Waals surface area contributed by atoms with Crippen molar-refractivity contribution in [3.8, 4) is 0 Å². The van der Waals surface area contributed by atoms with Crippen molar-refractivity contribution in [3.05, 3.63) is 0 Å². The number of nitrogens with zero attached hydrogens (tertiary/aromatic N) is 1. The monoisotopic (exact) mass is 225 g/mol. The average Bonchev–Trinajstić information content (AvgIpc) is 2.84. The zero-order valence-corrected chi connectivity index (χ0v) is 10.5. The van der Waals surface area contributed by atoms with Crippen LogP contribution in [-0.2, 0) is 4.79 Å². The molecule has 2 aliphatic rings. The van der Waals surface area contributed by atoms with Gasteiger partial charge >= 0.3 is 0 Å². The maximum Gasteiger partial charge on any atom is 0.228 e. The summed E-state index contributed by atoms with van der Waals surface area (Å²) in [6.45, 7) is 5.20. The van der Waals surface area contributed by atoms with Crippen LogP contribution in [0, 0.1) is 5.41 Å². The van der Waals surface area contributed by atoms with Crippen LogP contribution in [0.4, 0.5) is 0 Å². The van der Waals surface area contributed by atoms with E-state index in [1.807, 2.05) is 11.8 Å². The molecule has 0 aromatic heterocycles. The summed E-state index contributed by atoms with van der Waals surface area (Å²) < 4.78 is 0. The van der Waals surface area contributed by atoms with Crippen molar-refractivity contribution in [2.45, 2.75) is 58.0 Å². The van der Waals surface area contributed by atoms with Crippen LogP contribution in [0.5, 0.6) is 0 Å². The Morgan fingerprint density at radius 3 is 2.38 bits per heavy atom. The Balaban J connectivity index is 2.07. The molecular formula is C13H23NO2. The first-order valence-corrected chi connectivity index (χ1v) is 6.51. The van der Waals surface area contributed by atoms with Crippen LogP contribution in [0.2, 0.25) is 0 Å². The number of rotatable bonds is 2. The fourth-order valence-electron chi connectivity index (χ4n) is 3.22. The molecule has 1 saturated heterocycles. The van der Waals surface area contributed by atoms with Gasteiger partial charge in [0, 0.05) is 18.5 Å². The van der Waals surface area contributed by atoms with Gasteiger partial charge in [0.05, 0.1) is 5.60 Å². The van der Waals surface area contributed by atoms with Gasteiger partial charge in [0.1, 0.15) is 0 Å². The van der Waals surface area contributed by atoms with Crippen LogP contribution in [-0.4, -0.2) is 34.6 Å². The van der Waals surface area contributed by atoms with Crippen molar-refractivity contribution in [2.75, 3.05) is 13.1 Å². The van der Waals surface area contributed by atoms with E-state index in [-0.39, 0.29) is 5.41 Å². The molecular weight excluding hydrogens is 202 g/mol. The lowest BCUT2D eigenvalue weighted by molar-refractivity contribution is -0.142. The predicted octanol–water partition coefficient (Wildman–Crippen LogP) is 1.94. The molecule has 1 N–H and O–H groups in total. The number of likely N-dealkylation sites (tertiary alicyclic amines) is 1. The SMILES string of the molecule is CCC1(C(=O)N2CCC(C)(O)C2)CCCC1. The number of aliphatic hydroxyl groups is 1. The van der Waals surface area contributed by atoms with E-state index in [9.17, 15) is 9.90 Å². The lowest BCUT2D eigenvalue weighted by Gasteiger charge is -2.31. The molecule has 2 rings (SSSR count). The van der Waals surface area contributed by atoms with Gasteiger partial charge in [-0.3, -0.25) is 4.79 Å². The molecule has 0 aromatic carbocycles. The highest BCUT2D eigenvalue weighted by Gasteiger charge is 2.45. The maximum absolute atomic E-state index is 12.5. The van der Waals surface area contributed by atoms with Gasteiger partial charge in [0.25, 0.3) is 0 Å². The summed E-state index contributed by atoms with van der Waals surface area (Å²) in [5, 5.41) is 9.92. The van der Waals surface area contributed by atoms with Crippen LogP contribution in [0.1, 0.15) is 52.4 Å². The summed E-state index contributed by atoms with van der Waals surface area (Å²) in [6.07, 6.45) is 6.12. The summed E-state index contributed by atoms with van der Waals surface area (Å²) in [5.41, 5.74) is -0.760. The number of β-amino-alcohol motifs (C(OH)–C–C–N with tert-alkyl or cyclic N) is 1. The largest absolute Gasteiger partial charge is 0.388 e. The molecule has 1 unspecified atom stereocenters. The molecule has 1 aliphatic carbocycles. The molecule has 0 radical (unpaired) electrons. The van der Waals surface area contributed by atoms with Crippen LogP contribution in [0.3, 0.4) is 0 Å². The number of hydrogen-bond acceptors (Lipinski definition) is 2. The quantitative estimate of drug-likeness (QED) is 0.780. The Hall–Kier alpha value is -0.570. The van der Waals surface area contributed by atoms with Gasteiger partial charge in [0.15, 0.2) is 0 Å². The lowest BCUT2D eigenvalue weighted by atomic mass is 9.82. The third-order valence-corrected chi connectivity index (χ3v) is 4.43. The first kappa shape index (κ1) is 11.9. The summed E-state index contributed by atoms with van der Waals surface area (Å²) in [4.78, 5) is 14.4. The molecule has 0 bridgehead atoms. The van der Waals surface area contributed by atoms with Gasteiger partial charge < -0.3 is 10.0 Å². The molecule has 1 saturated carbocycles. The predicted molar refractivity (Wildman–Crippen MR) is 63.0 cm³/mol. The van der Waals surface area contributed by atoms with Gasteiger partial charge in [-0.15, -0.1) is 0 Å². The Morgan fingerprint density at radius 1 is 1.31 bits per heavy atom. The van der Waals surface area contributed by atoms with Gasteiger partial charge in [-0.2, -0.15) is 0 Å². The third kappa shape index (κ3) is 1.97. The minimum atomic E-state index is -0.663. The van der Waals surface area contributed by atoms with E-state index in [4.69, 9.17) is 0 Å². The molecule has 92 valence electrons. The van der Waals surface area contributed by atoms with E-state index in [1.165, 1.54) is 12.8 Å². The van der Waals surface area contributed by atoms with Crippen molar-refractivity contribution in [1.82, 2.24) is 4.90 Å². The minimum absolute atomic E-state index is 0.0968. The van der Waals surface area contributed by atoms with Crippen LogP contribution in [0.25, 0.3) is 0 Å². The standard InChI is InChI=1S/C13H23NO2/c1-3-13(6-4-5-7-13)11(15)14-9-8-12(2,16)10-14/h16H,3-10H2,1-2H3. The maximum atomic E-state index is 12.5. The molecule has 1 heterocycles. The molecule has 16 heavy (non-hydrogen) atoms. The van der Waals surface area contributed by atoms with Crippen LogP contribution < -0.4 is 0 Å². The molecule has 1 amide bonds. The van der Waals surface area contributed by atoms with Gasteiger partial charge in [-0.1, -0.05) is 19.8 Å². The molecule has 1 aliphatic heterocycles. The molecule has 3 heteroatoms. The smallest absolute Gasteiger partial charge is 0.228 e. The molecule has 0 aromatic rings. The summed E-state index contributed by atoms with van der Waals surface area (Å²) >= 11 is 0. The van der Waals surface area contributed by atoms with Crippen molar-refractivity contribution in [1.29, 1.82) is 0 Å². The number of carbonyl (C=O) groups is 1. The first-order chi connectivity index (χ1) is 7.49. The van der Waals surface area contributed by atoms with Gasteiger partial charge in [-0.05, 0) is 32.6 Å². The van der Waals surface area contributed by atoms with Gasteiger partial charge in [0.2, 0.25) is 5.91 Å². The average molecular weight is 225 g/mol. The molecule has 3 nitrogen and oxygen atoms in total. The Bertz CT molecular complexity index is 280. The summed E-state index contributed by atoms with van der Waals surface area (Å²) in [7, 11) is 0. The Labute approximate surface area is 97.8 Å². The second-order valence-corrected chi connectivity index (χ2v) is 5.81. The first-order valence-electron chi connectivity index (χ1n) is 6.51. The van der Waals surface area contributed by atoms with Crippen molar-refractivity contribution < 1.29 is 9.90 Å². The van der Waals surface area contributed by atoms with E-state index in [1.54, 1.807) is 0 Å². The van der Waals surface area contributed by atoms with Crippen molar-refractivity contribution >= 4 is 5.91 Å². The molecule has 2 fully saturated rings. The Morgan fingerprint density at radius 2 is 1.94 bits per heavy atom. The Kier molecular flexibility index (Phi) is 2.99. The fraction of sp³-hybridized carbons (Fsp3) is 0.923. The highest BCUT2D eigenvalue weighted by Crippen LogP contribution is 2.43. The zero-order valence-electron chi connectivity index (χ0n) is 10.5. The summed E-state index contributed by atoms with van der Waals surface area (Å²) in [6, 6.07) is 0.